The van der Waals surface area contributed by atoms with E-state index >= 15 is 0 Å². The van der Waals surface area contributed by atoms with Gasteiger partial charge in [0.05, 0.1) is 6.10 Å². The Labute approximate surface area is 127 Å². The minimum atomic E-state index is 0.350. The van der Waals surface area contributed by atoms with E-state index in [1.807, 2.05) is 12.1 Å². The number of ether oxygens (including phenoxy) is 1. The maximum atomic E-state index is 9.56. The first kappa shape index (κ1) is 14.9. The van der Waals surface area contributed by atoms with E-state index < -0.39 is 0 Å². The summed E-state index contributed by atoms with van der Waals surface area (Å²) in [6.07, 6.45) is 8.24. The standard InChI is InChI=1S/C18H27NO2/c1-2-21-17-12-16(18(17)9-4-3-5-10-18)19-13-14-7-6-8-15(20)11-14/h6-8,11,16-17,19-20H,2-5,9-10,12-13H2,1H3/t16-,17-/m0/s1. The molecule has 2 N–H and O–H groups in total. The third kappa shape index (κ3) is 2.95. The largest absolute Gasteiger partial charge is 0.508 e. The number of aromatic hydroxyl groups is 1. The molecule has 2 saturated carbocycles. The Balaban J connectivity index is 1.62. The molecule has 2 aliphatic carbocycles. The highest BCUT2D eigenvalue weighted by Crippen LogP contribution is 2.53. The quantitative estimate of drug-likeness (QED) is 0.870. The molecule has 0 aromatic heterocycles. The molecule has 3 nitrogen and oxygen atoms in total. The third-order valence-electron chi connectivity index (χ3n) is 5.40. The van der Waals surface area contributed by atoms with Crippen LogP contribution in [0.4, 0.5) is 0 Å². The molecule has 116 valence electrons. The zero-order valence-corrected chi connectivity index (χ0v) is 13.0. The number of phenols is 1. The van der Waals surface area contributed by atoms with E-state index in [1.54, 1.807) is 6.07 Å². The second kappa shape index (κ2) is 6.37. The molecule has 0 bridgehead atoms. The van der Waals surface area contributed by atoms with Gasteiger partial charge in [0.15, 0.2) is 0 Å². The second-order valence-electron chi connectivity index (χ2n) is 6.58. The van der Waals surface area contributed by atoms with Gasteiger partial charge in [-0.3, -0.25) is 0 Å². The van der Waals surface area contributed by atoms with Crippen molar-refractivity contribution < 1.29 is 9.84 Å². The fourth-order valence-electron chi connectivity index (χ4n) is 4.26. The molecule has 0 unspecified atom stereocenters. The van der Waals surface area contributed by atoms with Crippen molar-refractivity contribution in [2.45, 2.75) is 64.1 Å². The van der Waals surface area contributed by atoms with Gasteiger partial charge in [-0.15, -0.1) is 0 Å². The van der Waals surface area contributed by atoms with Gasteiger partial charge in [0.2, 0.25) is 0 Å². The Morgan fingerprint density at radius 3 is 2.81 bits per heavy atom. The van der Waals surface area contributed by atoms with Gasteiger partial charge in [0.1, 0.15) is 5.75 Å². The summed E-state index contributed by atoms with van der Waals surface area (Å²) < 4.78 is 5.99. The van der Waals surface area contributed by atoms with Gasteiger partial charge >= 0.3 is 0 Å². The van der Waals surface area contributed by atoms with Gasteiger partial charge in [-0.05, 0) is 43.9 Å². The van der Waals surface area contributed by atoms with Crippen LogP contribution in [0, 0.1) is 5.41 Å². The predicted octanol–water partition coefficient (Wildman–Crippen LogP) is 3.61. The van der Waals surface area contributed by atoms with Gasteiger partial charge in [-0.25, -0.2) is 0 Å². The molecule has 0 aliphatic heterocycles. The van der Waals surface area contributed by atoms with Crippen molar-refractivity contribution >= 4 is 0 Å². The van der Waals surface area contributed by atoms with Crippen LogP contribution in [0.1, 0.15) is 51.0 Å². The summed E-state index contributed by atoms with van der Waals surface area (Å²) in [6.45, 7) is 3.76. The number of phenolic OH excluding ortho intramolecular Hbond substituents is 1. The van der Waals surface area contributed by atoms with Gasteiger partial charge in [-0.1, -0.05) is 31.4 Å². The maximum Gasteiger partial charge on any atom is 0.115 e. The highest BCUT2D eigenvalue weighted by molar-refractivity contribution is 5.27. The lowest BCUT2D eigenvalue weighted by atomic mass is 9.55. The molecule has 0 radical (unpaired) electrons. The van der Waals surface area contributed by atoms with Crippen molar-refractivity contribution in [2.75, 3.05) is 6.61 Å². The van der Waals surface area contributed by atoms with Crippen molar-refractivity contribution in [3.05, 3.63) is 29.8 Å². The molecule has 0 amide bonds. The van der Waals surface area contributed by atoms with Crippen molar-refractivity contribution in [2.24, 2.45) is 5.41 Å². The monoisotopic (exact) mass is 289 g/mol. The van der Waals surface area contributed by atoms with Crippen LogP contribution in [0.25, 0.3) is 0 Å². The summed E-state index contributed by atoms with van der Waals surface area (Å²) in [4.78, 5) is 0. The second-order valence-corrected chi connectivity index (χ2v) is 6.58. The van der Waals surface area contributed by atoms with Gasteiger partial charge in [0, 0.05) is 24.6 Å². The highest BCUT2D eigenvalue weighted by Gasteiger charge is 2.55. The van der Waals surface area contributed by atoms with E-state index in [9.17, 15) is 5.11 Å². The number of hydrogen-bond acceptors (Lipinski definition) is 3. The Hall–Kier alpha value is -1.06. The molecule has 1 aromatic carbocycles. The lowest BCUT2D eigenvalue weighted by Crippen LogP contribution is -2.64. The number of benzene rings is 1. The van der Waals surface area contributed by atoms with Crippen LogP contribution in [0.3, 0.4) is 0 Å². The normalized spacial score (nSPS) is 27.5. The molecule has 2 fully saturated rings. The SMILES string of the molecule is CCO[C@H]1C[C@H](NCc2cccc(O)c2)C12CCCCC2. The smallest absolute Gasteiger partial charge is 0.115 e. The van der Waals surface area contributed by atoms with Crippen LogP contribution in [-0.2, 0) is 11.3 Å². The van der Waals surface area contributed by atoms with E-state index in [4.69, 9.17) is 4.74 Å². The van der Waals surface area contributed by atoms with E-state index in [1.165, 1.54) is 32.1 Å². The summed E-state index contributed by atoms with van der Waals surface area (Å²) in [7, 11) is 0. The third-order valence-corrected chi connectivity index (χ3v) is 5.40. The number of hydrogen-bond donors (Lipinski definition) is 2. The van der Waals surface area contributed by atoms with E-state index in [0.29, 0.717) is 23.3 Å². The first-order valence-corrected chi connectivity index (χ1v) is 8.37. The first-order chi connectivity index (χ1) is 10.2. The Bertz CT molecular complexity index is 468. The molecule has 3 heteroatoms. The Morgan fingerprint density at radius 1 is 1.29 bits per heavy atom. The van der Waals surface area contributed by atoms with Crippen LogP contribution in [-0.4, -0.2) is 23.9 Å². The molecular formula is C18H27NO2. The van der Waals surface area contributed by atoms with Crippen molar-refractivity contribution in [1.29, 1.82) is 0 Å². The van der Waals surface area contributed by atoms with Crippen LogP contribution in [0.15, 0.2) is 24.3 Å². The molecule has 1 spiro atoms. The van der Waals surface area contributed by atoms with E-state index in [2.05, 4.69) is 18.3 Å². The van der Waals surface area contributed by atoms with E-state index in [0.717, 1.165) is 25.1 Å². The molecule has 1 aromatic rings. The van der Waals surface area contributed by atoms with Gasteiger partial charge in [-0.2, -0.15) is 0 Å². The average molecular weight is 289 g/mol. The van der Waals surface area contributed by atoms with Crippen LogP contribution >= 0.6 is 0 Å². The molecule has 0 heterocycles. The van der Waals surface area contributed by atoms with Crippen molar-refractivity contribution in [1.82, 2.24) is 5.32 Å². The number of rotatable bonds is 5. The summed E-state index contributed by atoms with van der Waals surface area (Å²) in [5.41, 5.74) is 1.52. The molecule has 3 rings (SSSR count). The lowest BCUT2D eigenvalue weighted by molar-refractivity contribution is -0.150. The van der Waals surface area contributed by atoms with Crippen LogP contribution in [0.2, 0.25) is 0 Å². The minimum Gasteiger partial charge on any atom is -0.508 e. The summed E-state index contributed by atoms with van der Waals surface area (Å²) in [5.74, 6) is 0.350. The molecular weight excluding hydrogens is 262 g/mol. The molecule has 2 atom stereocenters. The Morgan fingerprint density at radius 2 is 2.10 bits per heavy atom. The first-order valence-electron chi connectivity index (χ1n) is 8.37. The van der Waals surface area contributed by atoms with Crippen molar-refractivity contribution in [3.63, 3.8) is 0 Å². The van der Waals surface area contributed by atoms with Gasteiger partial charge in [0.25, 0.3) is 0 Å². The zero-order chi connectivity index (χ0) is 14.7. The maximum absolute atomic E-state index is 9.56. The van der Waals surface area contributed by atoms with Crippen LogP contribution < -0.4 is 5.32 Å². The average Bonchev–Trinajstić information content (AvgIpc) is 2.51. The topological polar surface area (TPSA) is 41.5 Å². The predicted molar refractivity (Wildman–Crippen MR) is 84.3 cm³/mol. The fourth-order valence-corrected chi connectivity index (χ4v) is 4.26. The summed E-state index contributed by atoms with van der Waals surface area (Å²) >= 11 is 0. The molecule has 21 heavy (non-hydrogen) atoms. The minimum absolute atomic E-state index is 0.350. The Kier molecular flexibility index (Phi) is 4.51. The molecule has 2 aliphatic rings. The lowest BCUT2D eigenvalue weighted by Gasteiger charge is -2.58. The number of nitrogens with one attached hydrogen (secondary N) is 1. The van der Waals surface area contributed by atoms with E-state index in [-0.39, 0.29) is 0 Å². The zero-order valence-electron chi connectivity index (χ0n) is 13.0. The van der Waals surface area contributed by atoms with Gasteiger partial charge < -0.3 is 15.2 Å². The highest BCUT2D eigenvalue weighted by atomic mass is 16.5. The fraction of sp³-hybridized carbons (Fsp3) is 0.667. The van der Waals surface area contributed by atoms with Crippen LogP contribution in [0.5, 0.6) is 5.75 Å². The van der Waals surface area contributed by atoms with Crippen molar-refractivity contribution in [3.8, 4) is 5.75 Å². The molecule has 0 saturated heterocycles. The summed E-state index contributed by atoms with van der Waals surface area (Å²) in [5, 5.41) is 13.3. The summed E-state index contributed by atoms with van der Waals surface area (Å²) in [6, 6.07) is 8.11.